The molecular formula is C17H33N3O4. The minimum Gasteiger partial charge on any atom is -0.502 e. The van der Waals surface area contributed by atoms with E-state index in [2.05, 4.69) is 29.1 Å². The highest BCUT2D eigenvalue weighted by Crippen LogP contribution is 2.01. The van der Waals surface area contributed by atoms with Crippen LogP contribution in [0.3, 0.4) is 0 Å². The number of hydrogen-bond acceptors (Lipinski definition) is 6. The third-order valence-corrected chi connectivity index (χ3v) is 3.02. The van der Waals surface area contributed by atoms with Gasteiger partial charge in [-0.25, -0.2) is 0 Å². The smallest absolute Gasteiger partial charge is 0.220 e. The van der Waals surface area contributed by atoms with Gasteiger partial charge in [-0.2, -0.15) is 0 Å². The lowest BCUT2D eigenvalue weighted by Gasteiger charge is -2.23. The van der Waals surface area contributed by atoms with Gasteiger partial charge >= 0.3 is 0 Å². The Hall–Kier alpha value is -1.70. The van der Waals surface area contributed by atoms with Crippen LogP contribution in [0, 0.1) is 0 Å². The van der Waals surface area contributed by atoms with Crippen LogP contribution in [-0.4, -0.2) is 56.3 Å². The molecule has 0 bridgehead atoms. The van der Waals surface area contributed by atoms with E-state index >= 15 is 0 Å². The minimum atomic E-state index is -0.695. The molecule has 0 aliphatic heterocycles. The summed E-state index contributed by atoms with van der Waals surface area (Å²) in [6.07, 6.45) is 5.70. The first-order chi connectivity index (χ1) is 11.6. The monoisotopic (exact) mass is 343 g/mol. The van der Waals surface area contributed by atoms with Crippen LogP contribution in [0.15, 0.2) is 25.5 Å². The van der Waals surface area contributed by atoms with Gasteiger partial charge < -0.3 is 25.3 Å². The first-order valence-corrected chi connectivity index (χ1v) is 8.15. The number of amides is 1. The normalized spacial score (nSPS) is 12.1. The molecule has 24 heavy (non-hydrogen) atoms. The van der Waals surface area contributed by atoms with Crippen molar-refractivity contribution in [3.8, 4) is 0 Å². The molecule has 2 unspecified atom stereocenters. The van der Waals surface area contributed by atoms with Gasteiger partial charge in [0.2, 0.25) is 5.91 Å². The molecule has 0 saturated heterocycles. The van der Waals surface area contributed by atoms with Crippen molar-refractivity contribution in [3.05, 3.63) is 25.5 Å². The molecule has 0 rings (SSSR count). The molecule has 1 amide bonds. The van der Waals surface area contributed by atoms with Crippen LogP contribution in [0.4, 0.5) is 0 Å². The minimum absolute atomic E-state index is 0.0105. The van der Waals surface area contributed by atoms with Crippen LogP contribution in [-0.2, 0) is 14.3 Å². The number of carbonyl (C=O) groups is 2. The largest absolute Gasteiger partial charge is 0.502 e. The summed E-state index contributed by atoms with van der Waals surface area (Å²) in [4.78, 5) is 20.4. The second kappa shape index (κ2) is 19.3. The number of aliphatic hydroxyl groups excluding tert-OH is 1. The third-order valence-electron chi connectivity index (χ3n) is 3.02. The molecule has 0 radical (unpaired) electrons. The summed E-state index contributed by atoms with van der Waals surface area (Å²) < 4.78 is 4.99. The van der Waals surface area contributed by atoms with E-state index in [0.717, 1.165) is 19.1 Å². The van der Waals surface area contributed by atoms with Crippen molar-refractivity contribution in [2.75, 3.05) is 26.7 Å². The quantitative estimate of drug-likeness (QED) is 0.122. The second-order valence-electron chi connectivity index (χ2n) is 4.89. The van der Waals surface area contributed by atoms with E-state index < -0.39 is 6.23 Å². The number of carbonyl (C=O) groups excluding carboxylic acids is 2. The Bertz CT molecular complexity index is 338. The summed E-state index contributed by atoms with van der Waals surface area (Å²) in [7, 11) is 1.77. The Labute approximate surface area is 145 Å². The average Bonchev–Trinajstić information content (AvgIpc) is 2.56. The van der Waals surface area contributed by atoms with E-state index in [1.165, 1.54) is 13.2 Å². The average molecular weight is 343 g/mol. The van der Waals surface area contributed by atoms with Crippen molar-refractivity contribution >= 4 is 12.2 Å². The zero-order valence-corrected chi connectivity index (χ0v) is 14.9. The number of ether oxygens (including phenoxy) is 1. The summed E-state index contributed by atoms with van der Waals surface area (Å²) in [6.45, 7) is 10.3. The molecule has 0 spiro atoms. The van der Waals surface area contributed by atoms with Crippen molar-refractivity contribution in [1.29, 1.82) is 0 Å². The topological polar surface area (TPSA) is 99.7 Å². The van der Waals surface area contributed by atoms with Crippen LogP contribution in [0.5, 0.6) is 0 Å². The van der Waals surface area contributed by atoms with Gasteiger partial charge in [0.1, 0.15) is 12.5 Å². The van der Waals surface area contributed by atoms with Gasteiger partial charge in [-0.15, -0.1) is 6.58 Å². The van der Waals surface area contributed by atoms with Gasteiger partial charge in [-0.05, 0) is 33.2 Å². The van der Waals surface area contributed by atoms with E-state index in [1.807, 2.05) is 0 Å². The summed E-state index contributed by atoms with van der Waals surface area (Å²) in [5.41, 5.74) is 0. The Balaban J connectivity index is 0. The standard InChI is InChI=1S/C15H29N3O3.C2H4O/c1-4-6-10-17-14(19)9-8-13(16-3)15(20)18-11-7-12-21-5-2;1-2-3/h4-5,13,15-16,18,20H,1-2,6-12H2,3H3,(H,17,19);2H,1H3. The van der Waals surface area contributed by atoms with Crippen molar-refractivity contribution in [3.63, 3.8) is 0 Å². The van der Waals surface area contributed by atoms with Crippen LogP contribution in [0.25, 0.3) is 0 Å². The molecule has 140 valence electrons. The highest BCUT2D eigenvalue weighted by molar-refractivity contribution is 5.75. The Morgan fingerprint density at radius 3 is 2.54 bits per heavy atom. The summed E-state index contributed by atoms with van der Waals surface area (Å²) in [6, 6.07) is -0.171. The van der Waals surface area contributed by atoms with Gasteiger partial charge in [-0.1, -0.05) is 12.7 Å². The van der Waals surface area contributed by atoms with Gasteiger partial charge in [0.05, 0.1) is 12.9 Å². The number of nitrogens with one attached hydrogen (secondary N) is 3. The van der Waals surface area contributed by atoms with E-state index in [4.69, 9.17) is 9.53 Å². The first kappa shape index (κ1) is 24.6. The number of hydrogen-bond donors (Lipinski definition) is 4. The maximum atomic E-state index is 11.6. The van der Waals surface area contributed by atoms with Gasteiger partial charge in [-0.3, -0.25) is 10.1 Å². The molecule has 0 aromatic carbocycles. The number of aliphatic hydroxyl groups is 1. The maximum absolute atomic E-state index is 11.6. The zero-order chi connectivity index (χ0) is 18.6. The lowest BCUT2D eigenvalue weighted by Crippen LogP contribution is -2.47. The molecule has 0 saturated carbocycles. The Kier molecular flexibility index (Phi) is 19.8. The van der Waals surface area contributed by atoms with E-state index in [0.29, 0.717) is 32.5 Å². The van der Waals surface area contributed by atoms with Gasteiger partial charge in [0, 0.05) is 25.6 Å². The Morgan fingerprint density at radius 1 is 1.33 bits per heavy atom. The molecule has 7 nitrogen and oxygen atoms in total. The van der Waals surface area contributed by atoms with Crippen LogP contribution < -0.4 is 16.0 Å². The van der Waals surface area contributed by atoms with E-state index in [-0.39, 0.29) is 11.9 Å². The number of aldehydes is 1. The fourth-order valence-electron chi connectivity index (χ4n) is 1.78. The molecule has 4 N–H and O–H groups in total. The molecule has 0 heterocycles. The molecule has 2 atom stereocenters. The first-order valence-electron chi connectivity index (χ1n) is 8.15. The van der Waals surface area contributed by atoms with Crippen molar-refractivity contribution in [2.24, 2.45) is 0 Å². The van der Waals surface area contributed by atoms with Gasteiger partial charge in [0.25, 0.3) is 0 Å². The molecule has 0 aromatic rings. The Morgan fingerprint density at radius 2 is 2.00 bits per heavy atom. The van der Waals surface area contributed by atoms with Gasteiger partial charge in [0.15, 0.2) is 0 Å². The highest BCUT2D eigenvalue weighted by Gasteiger charge is 2.17. The van der Waals surface area contributed by atoms with Crippen molar-refractivity contribution < 1.29 is 19.4 Å². The van der Waals surface area contributed by atoms with Crippen molar-refractivity contribution in [1.82, 2.24) is 16.0 Å². The van der Waals surface area contributed by atoms with Crippen LogP contribution in [0.1, 0.15) is 32.6 Å². The lowest BCUT2D eigenvalue weighted by molar-refractivity contribution is -0.121. The van der Waals surface area contributed by atoms with Crippen molar-refractivity contribution in [2.45, 2.75) is 44.9 Å². The molecular weight excluding hydrogens is 310 g/mol. The maximum Gasteiger partial charge on any atom is 0.220 e. The number of rotatable bonds is 14. The predicted octanol–water partition coefficient (Wildman–Crippen LogP) is 0.710. The SMILES string of the molecule is C=CCCNC(=O)CCC(NC)C(O)NCCCOC=C.CC=O. The second-order valence-corrected chi connectivity index (χ2v) is 4.89. The third kappa shape index (κ3) is 16.7. The van der Waals surface area contributed by atoms with E-state index in [1.54, 1.807) is 13.1 Å². The summed E-state index contributed by atoms with van der Waals surface area (Å²) >= 11 is 0. The molecule has 0 aliphatic rings. The highest BCUT2D eigenvalue weighted by atomic mass is 16.5. The van der Waals surface area contributed by atoms with Crippen LogP contribution >= 0.6 is 0 Å². The summed E-state index contributed by atoms with van der Waals surface area (Å²) in [5, 5.41) is 18.8. The predicted molar refractivity (Wildman–Crippen MR) is 96.4 cm³/mol. The summed E-state index contributed by atoms with van der Waals surface area (Å²) in [5.74, 6) is -0.0105. The van der Waals surface area contributed by atoms with Crippen LogP contribution in [0.2, 0.25) is 0 Å². The molecule has 0 aromatic heterocycles. The van der Waals surface area contributed by atoms with E-state index in [9.17, 15) is 9.90 Å². The zero-order valence-electron chi connectivity index (χ0n) is 14.9. The molecule has 0 aliphatic carbocycles. The fraction of sp³-hybridized carbons (Fsp3) is 0.647. The molecule has 0 fully saturated rings. The number of likely N-dealkylation sites (N-methyl/N-ethyl adjacent to an activating group) is 1. The fourth-order valence-corrected chi connectivity index (χ4v) is 1.78. The molecule has 7 heteroatoms. The lowest BCUT2D eigenvalue weighted by atomic mass is 10.1.